The lowest BCUT2D eigenvalue weighted by atomic mass is 10.3. The molecule has 0 saturated carbocycles. The van der Waals surface area contributed by atoms with Crippen LogP contribution in [0.5, 0.6) is 5.75 Å². The van der Waals surface area contributed by atoms with Gasteiger partial charge < -0.3 is 20.5 Å². The monoisotopic (exact) mass is 252 g/mol. The van der Waals surface area contributed by atoms with Crippen LogP contribution in [0.3, 0.4) is 0 Å². The van der Waals surface area contributed by atoms with Gasteiger partial charge in [-0.1, -0.05) is 0 Å². The van der Waals surface area contributed by atoms with E-state index < -0.39 is 17.9 Å². The Labute approximate surface area is 105 Å². The smallest absolute Gasteiger partial charge is 0.313 e. The first-order valence-corrected chi connectivity index (χ1v) is 5.43. The van der Waals surface area contributed by atoms with E-state index in [9.17, 15) is 9.59 Å². The highest BCUT2D eigenvalue weighted by molar-refractivity contribution is 6.39. The van der Waals surface area contributed by atoms with Crippen LogP contribution in [0.25, 0.3) is 0 Å². The second kappa shape index (κ2) is 6.61. The van der Waals surface area contributed by atoms with Crippen LogP contribution in [0.4, 0.5) is 5.69 Å². The molecule has 18 heavy (non-hydrogen) atoms. The van der Waals surface area contributed by atoms with Gasteiger partial charge in [-0.25, -0.2) is 0 Å². The summed E-state index contributed by atoms with van der Waals surface area (Å²) in [4.78, 5) is 22.9. The van der Waals surface area contributed by atoms with Crippen LogP contribution in [-0.4, -0.2) is 36.7 Å². The molecule has 0 spiro atoms. The third-order valence-corrected chi connectivity index (χ3v) is 2.21. The Hall–Kier alpha value is -2.08. The quantitative estimate of drug-likeness (QED) is 0.665. The zero-order valence-corrected chi connectivity index (χ0v) is 10.3. The molecule has 0 aliphatic heterocycles. The van der Waals surface area contributed by atoms with Crippen LogP contribution in [0.2, 0.25) is 0 Å². The molecule has 1 rings (SSSR count). The van der Waals surface area contributed by atoms with Crippen molar-refractivity contribution in [3.8, 4) is 5.75 Å². The molecular weight excluding hydrogens is 236 g/mol. The molecule has 98 valence electrons. The fourth-order valence-electron chi connectivity index (χ4n) is 1.20. The maximum atomic E-state index is 11.5. The van der Waals surface area contributed by atoms with Gasteiger partial charge in [0.05, 0.1) is 13.7 Å². The van der Waals surface area contributed by atoms with Gasteiger partial charge in [0.1, 0.15) is 5.75 Å². The zero-order valence-electron chi connectivity index (χ0n) is 10.3. The summed E-state index contributed by atoms with van der Waals surface area (Å²) < 4.78 is 4.97. The van der Waals surface area contributed by atoms with Gasteiger partial charge in [-0.15, -0.1) is 0 Å². The van der Waals surface area contributed by atoms with E-state index in [2.05, 4.69) is 10.6 Å². The third-order valence-electron chi connectivity index (χ3n) is 2.21. The minimum Gasteiger partial charge on any atom is -0.497 e. The van der Waals surface area contributed by atoms with Gasteiger partial charge in [-0.2, -0.15) is 0 Å². The Balaban J connectivity index is 2.55. The molecule has 0 heterocycles. The molecule has 0 fully saturated rings. The molecule has 0 radical (unpaired) electrons. The minimum absolute atomic E-state index is 0.221. The van der Waals surface area contributed by atoms with Crippen molar-refractivity contribution in [1.82, 2.24) is 5.32 Å². The van der Waals surface area contributed by atoms with Crippen molar-refractivity contribution in [2.45, 2.75) is 13.0 Å². The molecule has 1 atom stereocenters. The molecule has 0 aliphatic carbocycles. The maximum Gasteiger partial charge on any atom is 0.313 e. The Morgan fingerprint density at radius 3 is 2.39 bits per heavy atom. The van der Waals surface area contributed by atoms with Crippen molar-refractivity contribution >= 4 is 17.5 Å². The van der Waals surface area contributed by atoms with Gasteiger partial charge in [0.15, 0.2) is 0 Å². The number of hydrogen-bond donors (Lipinski definition) is 3. The van der Waals surface area contributed by atoms with Crippen LogP contribution in [0.1, 0.15) is 6.92 Å². The highest BCUT2D eigenvalue weighted by Crippen LogP contribution is 2.14. The van der Waals surface area contributed by atoms with Crippen molar-refractivity contribution < 1.29 is 19.4 Å². The molecule has 2 amide bonds. The number of benzene rings is 1. The lowest BCUT2D eigenvalue weighted by molar-refractivity contribution is -0.136. The first-order chi connectivity index (χ1) is 8.56. The van der Waals surface area contributed by atoms with E-state index in [0.29, 0.717) is 11.4 Å². The number of ether oxygens (including phenoxy) is 1. The van der Waals surface area contributed by atoms with Crippen molar-refractivity contribution in [3.63, 3.8) is 0 Å². The Kier molecular flexibility index (Phi) is 5.13. The number of rotatable bonds is 4. The van der Waals surface area contributed by atoms with Crippen molar-refractivity contribution in [2.24, 2.45) is 0 Å². The predicted molar refractivity (Wildman–Crippen MR) is 66.3 cm³/mol. The molecule has 1 aromatic carbocycles. The van der Waals surface area contributed by atoms with Crippen LogP contribution in [-0.2, 0) is 9.59 Å². The minimum atomic E-state index is -0.785. The summed E-state index contributed by atoms with van der Waals surface area (Å²) in [6.07, 6.45) is 0. The van der Waals surface area contributed by atoms with E-state index in [1.807, 2.05) is 0 Å². The first kappa shape index (κ1) is 14.0. The average Bonchev–Trinajstić information content (AvgIpc) is 2.39. The number of carbonyl (C=O) groups is 2. The lowest BCUT2D eigenvalue weighted by Crippen LogP contribution is -2.42. The molecule has 6 heteroatoms. The van der Waals surface area contributed by atoms with E-state index in [0.717, 1.165) is 0 Å². The molecule has 0 saturated heterocycles. The van der Waals surface area contributed by atoms with Crippen LogP contribution >= 0.6 is 0 Å². The summed E-state index contributed by atoms with van der Waals surface area (Å²) in [6.45, 7) is 1.38. The van der Waals surface area contributed by atoms with E-state index >= 15 is 0 Å². The van der Waals surface area contributed by atoms with Crippen LogP contribution < -0.4 is 15.4 Å². The number of anilines is 1. The van der Waals surface area contributed by atoms with E-state index in [1.165, 1.54) is 7.11 Å². The SMILES string of the molecule is COc1ccc(NC(=O)C(=O)NC(C)CO)cc1. The molecule has 1 aromatic rings. The fourth-order valence-corrected chi connectivity index (χ4v) is 1.20. The average molecular weight is 252 g/mol. The number of hydrogen-bond acceptors (Lipinski definition) is 4. The number of amides is 2. The summed E-state index contributed by atoms with van der Waals surface area (Å²) in [5.41, 5.74) is 0.493. The van der Waals surface area contributed by atoms with Crippen LogP contribution in [0.15, 0.2) is 24.3 Å². The number of nitrogens with one attached hydrogen (secondary N) is 2. The van der Waals surface area contributed by atoms with Crippen molar-refractivity contribution in [1.29, 1.82) is 0 Å². The van der Waals surface area contributed by atoms with Gasteiger partial charge in [0, 0.05) is 11.7 Å². The first-order valence-electron chi connectivity index (χ1n) is 5.43. The van der Waals surface area contributed by atoms with Crippen molar-refractivity contribution in [2.75, 3.05) is 19.0 Å². The van der Waals surface area contributed by atoms with Gasteiger partial charge in [-0.05, 0) is 31.2 Å². The van der Waals surface area contributed by atoms with Gasteiger partial charge in [0.25, 0.3) is 0 Å². The van der Waals surface area contributed by atoms with Crippen molar-refractivity contribution in [3.05, 3.63) is 24.3 Å². The second-order valence-corrected chi connectivity index (χ2v) is 3.74. The summed E-state index contributed by atoms with van der Waals surface area (Å²) >= 11 is 0. The summed E-state index contributed by atoms with van der Waals surface area (Å²) in [5, 5.41) is 13.5. The largest absolute Gasteiger partial charge is 0.497 e. The predicted octanol–water partition coefficient (Wildman–Crippen LogP) is 0.131. The maximum absolute atomic E-state index is 11.5. The molecule has 3 N–H and O–H groups in total. The number of aliphatic hydroxyl groups excluding tert-OH is 1. The summed E-state index contributed by atoms with van der Waals surface area (Å²) in [5.74, 6) is -0.904. The Morgan fingerprint density at radius 1 is 1.28 bits per heavy atom. The third kappa shape index (κ3) is 4.06. The lowest BCUT2D eigenvalue weighted by Gasteiger charge is -2.10. The van der Waals surface area contributed by atoms with Gasteiger partial charge in [-0.3, -0.25) is 9.59 Å². The Morgan fingerprint density at radius 2 is 1.89 bits per heavy atom. The van der Waals surface area contributed by atoms with Gasteiger partial charge >= 0.3 is 11.8 Å². The summed E-state index contributed by atoms with van der Waals surface area (Å²) in [6, 6.07) is 6.13. The standard InChI is InChI=1S/C12H16N2O4/c1-8(7-15)13-11(16)12(17)14-9-3-5-10(18-2)6-4-9/h3-6,8,15H,7H2,1-2H3,(H,13,16)(H,14,17). The number of methoxy groups -OCH3 is 1. The molecule has 0 bridgehead atoms. The van der Waals surface area contributed by atoms with E-state index in [1.54, 1.807) is 31.2 Å². The van der Waals surface area contributed by atoms with E-state index in [-0.39, 0.29) is 6.61 Å². The second-order valence-electron chi connectivity index (χ2n) is 3.74. The summed E-state index contributed by atoms with van der Waals surface area (Å²) in [7, 11) is 1.54. The molecule has 6 nitrogen and oxygen atoms in total. The number of aliphatic hydroxyl groups is 1. The molecule has 0 aliphatic rings. The fraction of sp³-hybridized carbons (Fsp3) is 0.333. The highest BCUT2D eigenvalue weighted by atomic mass is 16.5. The normalized spacial score (nSPS) is 11.5. The number of carbonyl (C=O) groups excluding carboxylic acids is 2. The zero-order chi connectivity index (χ0) is 13.5. The molecule has 0 aromatic heterocycles. The topological polar surface area (TPSA) is 87.7 Å². The van der Waals surface area contributed by atoms with E-state index in [4.69, 9.17) is 9.84 Å². The Bertz CT molecular complexity index is 417. The van der Waals surface area contributed by atoms with Gasteiger partial charge in [0.2, 0.25) is 0 Å². The van der Waals surface area contributed by atoms with Crippen LogP contribution in [0, 0.1) is 0 Å². The highest BCUT2D eigenvalue weighted by Gasteiger charge is 2.15. The molecule has 1 unspecified atom stereocenters. The molecular formula is C12H16N2O4.